The van der Waals surface area contributed by atoms with Gasteiger partial charge < -0.3 is 4.74 Å². The Hall–Kier alpha value is 0.310. The molecule has 0 spiro atoms. The van der Waals surface area contributed by atoms with Crippen molar-refractivity contribution < 1.29 is 4.74 Å². The Morgan fingerprint density at radius 3 is 2.21 bits per heavy atom. The average Bonchev–Trinajstić information content (AvgIpc) is 2.21. The van der Waals surface area contributed by atoms with Crippen LogP contribution < -0.4 is 0 Å². The Kier molecular flexibility index (Phi) is 13.6. The molecule has 0 N–H and O–H groups in total. The van der Waals surface area contributed by atoms with Crippen LogP contribution in [0.15, 0.2) is 0 Å². The van der Waals surface area contributed by atoms with Gasteiger partial charge in [0.15, 0.2) is 0 Å². The number of unbranched alkanes of at least 4 members (excludes halogenated alkanes) is 4. The molecule has 0 atom stereocenters. The summed E-state index contributed by atoms with van der Waals surface area (Å²) < 4.78 is 5.28. The first-order chi connectivity index (χ1) is 6.91. The van der Waals surface area contributed by atoms with Crippen molar-refractivity contribution >= 4 is 11.8 Å². The highest BCUT2D eigenvalue weighted by molar-refractivity contribution is 7.99. The van der Waals surface area contributed by atoms with Gasteiger partial charge in [-0.1, -0.05) is 26.2 Å². The number of ether oxygens (including phenoxy) is 1. The van der Waals surface area contributed by atoms with Crippen molar-refractivity contribution in [3.05, 3.63) is 0 Å². The molecule has 0 amide bonds. The predicted octanol–water partition coefficient (Wildman–Crippen LogP) is 4.12. The normalized spacial score (nSPS) is 10.7. The second-order valence-electron chi connectivity index (χ2n) is 3.58. The molecule has 0 saturated carbocycles. The van der Waals surface area contributed by atoms with E-state index in [2.05, 4.69) is 25.6 Å². The first-order valence-corrected chi connectivity index (χ1v) is 7.22. The maximum Gasteiger partial charge on any atom is 0.0466 e. The van der Waals surface area contributed by atoms with Crippen LogP contribution in [0.4, 0.5) is 0 Å². The van der Waals surface area contributed by atoms with Gasteiger partial charge in [0.2, 0.25) is 0 Å². The van der Waals surface area contributed by atoms with E-state index in [4.69, 9.17) is 4.74 Å². The van der Waals surface area contributed by atoms with E-state index in [-0.39, 0.29) is 0 Å². The molecule has 0 aliphatic carbocycles. The van der Waals surface area contributed by atoms with Gasteiger partial charge in [-0.05, 0) is 37.7 Å². The van der Waals surface area contributed by atoms with Crippen molar-refractivity contribution in [1.82, 2.24) is 0 Å². The van der Waals surface area contributed by atoms with Crippen LogP contribution in [-0.2, 0) is 4.74 Å². The number of hydrogen-bond donors (Lipinski definition) is 0. The van der Waals surface area contributed by atoms with Crippen LogP contribution in [0.1, 0.15) is 52.4 Å². The zero-order valence-electron chi connectivity index (χ0n) is 9.89. The molecule has 0 saturated heterocycles. The molecular weight excluding hydrogens is 192 g/mol. The molecule has 0 bridgehead atoms. The van der Waals surface area contributed by atoms with E-state index in [1.54, 1.807) is 0 Å². The average molecular weight is 218 g/mol. The largest absolute Gasteiger partial charge is 0.382 e. The molecule has 0 fully saturated rings. The van der Waals surface area contributed by atoms with E-state index in [9.17, 15) is 0 Å². The van der Waals surface area contributed by atoms with Gasteiger partial charge in [0.05, 0.1) is 0 Å². The lowest BCUT2D eigenvalue weighted by Crippen LogP contribution is -1.94. The molecular formula is C12H26OS. The van der Waals surface area contributed by atoms with Gasteiger partial charge in [0.1, 0.15) is 0 Å². The van der Waals surface area contributed by atoms with Gasteiger partial charge in [-0.15, -0.1) is 0 Å². The molecule has 86 valence electrons. The van der Waals surface area contributed by atoms with E-state index < -0.39 is 0 Å². The second-order valence-corrected chi connectivity index (χ2v) is 4.80. The quantitative estimate of drug-likeness (QED) is 0.483. The summed E-state index contributed by atoms with van der Waals surface area (Å²) in [5.41, 5.74) is 0. The smallest absolute Gasteiger partial charge is 0.0466 e. The highest BCUT2D eigenvalue weighted by Gasteiger charge is 1.91. The molecule has 0 aromatic heterocycles. The van der Waals surface area contributed by atoms with Crippen LogP contribution >= 0.6 is 11.8 Å². The van der Waals surface area contributed by atoms with Crippen molar-refractivity contribution in [3.8, 4) is 0 Å². The molecule has 0 aliphatic heterocycles. The Bertz CT molecular complexity index is 84.3. The molecule has 2 heteroatoms. The third-order valence-corrected chi connectivity index (χ3v) is 3.33. The number of rotatable bonds is 11. The summed E-state index contributed by atoms with van der Waals surface area (Å²) >= 11 is 2.11. The Labute approximate surface area is 94.0 Å². The molecule has 1 nitrogen and oxygen atoms in total. The van der Waals surface area contributed by atoms with Crippen molar-refractivity contribution in [1.29, 1.82) is 0 Å². The summed E-state index contributed by atoms with van der Waals surface area (Å²) in [6, 6.07) is 0. The highest BCUT2D eigenvalue weighted by Crippen LogP contribution is 2.09. The Morgan fingerprint density at radius 2 is 1.57 bits per heavy atom. The van der Waals surface area contributed by atoms with Crippen LogP contribution in [0, 0.1) is 0 Å². The molecule has 0 heterocycles. The van der Waals surface area contributed by atoms with Crippen molar-refractivity contribution in [2.75, 3.05) is 24.7 Å². The maximum atomic E-state index is 5.28. The van der Waals surface area contributed by atoms with Crippen molar-refractivity contribution in [3.63, 3.8) is 0 Å². The summed E-state index contributed by atoms with van der Waals surface area (Å²) in [5, 5.41) is 0. The monoisotopic (exact) mass is 218 g/mol. The molecule has 0 aromatic carbocycles. The van der Waals surface area contributed by atoms with E-state index in [1.165, 1.54) is 50.0 Å². The molecule has 14 heavy (non-hydrogen) atoms. The van der Waals surface area contributed by atoms with Gasteiger partial charge in [-0.3, -0.25) is 0 Å². The lowest BCUT2D eigenvalue weighted by atomic mass is 10.2. The second kappa shape index (κ2) is 13.3. The minimum Gasteiger partial charge on any atom is -0.382 e. The zero-order chi connectivity index (χ0) is 10.5. The molecule has 0 radical (unpaired) electrons. The Morgan fingerprint density at radius 1 is 0.857 bits per heavy atom. The van der Waals surface area contributed by atoms with Gasteiger partial charge >= 0.3 is 0 Å². The highest BCUT2D eigenvalue weighted by atomic mass is 32.2. The third kappa shape index (κ3) is 12.3. The fourth-order valence-electron chi connectivity index (χ4n) is 1.29. The first-order valence-electron chi connectivity index (χ1n) is 6.07. The van der Waals surface area contributed by atoms with Crippen LogP contribution in [0.25, 0.3) is 0 Å². The summed E-state index contributed by atoms with van der Waals surface area (Å²) in [6.07, 6.45) is 8.13. The molecule has 0 aliphatic rings. The first kappa shape index (κ1) is 14.3. The fraction of sp³-hybridized carbons (Fsp3) is 1.00. The summed E-state index contributed by atoms with van der Waals surface area (Å²) in [4.78, 5) is 0. The summed E-state index contributed by atoms with van der Waals surface area (Å²) in [5.74, 6) is 2.67. The van der Waals surface area contributed by atoms with Gasteiger partial charge in [0, 0.05) is 13.2 Å². The van der Waals surface area contributed by atoms with Gasteiger partial charge in [-0.2, -0.15) is 11.8 Å². The van der Waals surface area contributed by atoms with E-state index in [1.807, 2.05) is 0 Å². The minimum atomic E-state index is 0.865. The third-order valence-electron chi connectivity index (χ3n) is 2.17. The van der Waals surface area contributed by atoms with Crippen LogP contribution in [0.2, 0.25) is 0 Å². The van der Waals surface area contributed by atoms with E-state index in [0.29, 0.717) is 0 Å². The SMILES string of the molecule is CCCCCCSCCCCOCC. The predicted molar refractivity (Wildman–Crippen MR) is 67.2 cm³/mol. The van der Waals surface area contributed by atoms with Crippen molar-refractivity contribution in [2.45, 2.75) is 52.4 Å². The Balaban J connectivity index is 2.78. The fourth-order valence-corrected chi connectivity index (χ4v) is 2.31. The number of thioether (sulfide) groups is 1. The number of hydrogen-bond acceptors (Lipinski definition) is 2. The van der Waals surface area contributed by atoms with Crippen molar-refractivity contribution in [2.24, 2.45) is 0 Å². The van der Waals surface area contributed by atoms with Crippen LogP contribution in [0.5, 0.6) is 0 Å². The lowest BCUT2D eigenvalue weighted by Gasteiger charge is -2.02. The van der Waals surface area contributed by atoms with E-state index >= 15 is 0 Å². The van der Waals surface area contributed by atoms with Crippen LogP contribution in [-0.4, -0.2) is 24.7 Å². The van der Waals surface area contributed by atoms with E-state index in [0.717, 1.165) is 13.2 Å². The lowest BCUT2D eigenvalue weighted by molar-refractivity contribution is 0.144. The molecule has 0 unspecified atom stereocenters. The topological polar surface area (TPSA) is 9.23 Å². The summed E-state index contributed by atoms with van der Waals surface area (Å²) in [6.45, 7) is 6.14. The molecule has 0 aromatic rings. The summed E-state index contributed by atoms with van der Waals surface area (Å²) in [7, 11) is 0. The van der Waals surface area contributed by atoms with Crippen LogP contribution in [0.3, 0.4) is 0 Å². The van der Waals surface area contributed by atoms with Gasteiger partial charge in [-0.25, -0.2) is 0 Å². The van der Waals surface area contributed by atoms with Gasteiger partial charge in [0.25, 0.3) is 0 Å². The maximum absolute atomic E-state index is 5.28. The zero-order valence-corrected chi connectivity index (χ0v) is 10.7. The molecule has 0 rings (SSSR count). The minimum absolute atomic E-state index is 0.865. The standard InChI is InChI=1S/C12H26OS/c1-3-5-6-8-11-14-12-9-7-10-13-4-2/h3-12H2,1-2H3.